The molecule has 24 heavy (non-hydrogen) atoms. The highest BCUT2D eigenvalue weighted by Gasteiger charge is 2.70. The summed E-state index contributed by atoms with van der Waals surface area (Å²) in [5, 5.41) is -0.571. The smallest absolute Gasteiger partial charge is 0.182 e. The maximum atomic E-state index is 13.2. The zero-order valence-corrected chi connectivity index (χ0v) is 15.8. The van der Waals surface area contributed by atoms with E-state index in [9.17, 15) is 8.42 Å². The molecule has 1 saturated carbocycles. The van der Waals surface area contributed by atoms with Crippen LogP contribution in [-0.4, -0.2) is 33.9 Å². The molecule has 4 nitrogen and oxygen atoms in total. The number of halogens is 1. The number of nitrogens with two attached hydrogens (primary N) is 1. The van der Waals surface area contributed by atoms with Crippen LogP contribution in [0.4, 0.5) is 0 Å². The molecule has 3 atom stereocenters. The average molecular weight is 410 g/mol. The normalized spacial score (nSPS) is 26.3. The summed E-state index contributed by atoms with van der Waals surface area (Å²) in [5.74, 6) is -0.166. The fraction of sp³-hybridized carbons (Fsp3) is 0.333. The molecule has 0 aliphatic heterocycles. The van der Waals surface area contributed by atoms with Crippen LogP contribution in [0.15, 0.2) is 64.0 Å². The van der Waals surface area contributed by atoms with Gasteiger partial charge in [0.1, 0.15) is 0 Å². The Bertz CT molecular complexity index is 808. The van der Waals surface area contributed by atoms with Gasteiger partial charge < -0.3 is 10.5 Å². The molecule has 1 aliphatic carbocycles. The van der Waals surface area contributed by atoms with E-state index in [2.05, 4.69) is 15.9 Å². The van der Waals surface area contributed by atoms with Gasteiger partial charge in [0.25, 0.3) is 0 Å². The van der Waals surface area contributed by atoms with Crippen LogP contribution < -0.4 is 5.73 Å². The Balaban J connectivity index is 2.05. The maximum absolute atomic E-state index is 13.2. The summed E-state index contributed by atoms with van der Waals surface area (Å²) in [6.07, 6.45) is 0. The van der Waals surface area contributed by atoms with Crippen LogP contribution in [0.25, 0.3) is 0 Å². The first kappa shape index (κ1) is 17.6. The fourth-order valence-electron chi connectivity index (χ4n) is 3.62. The monoisotopic (exact) mass is 409 g/mol. The Morgan fingerprint density at radius 3 is 2.29 bits per heavy atom. The molecule has 128 valence electrons. The van der Waals surface area contributed by atoms with Crippen molar-refractivity contribution in [3.8, 4) is 0 Å². The molecule has 0 spiro atoms. The molecular weight excluding hydrogens is 390 g/mol. The van der Waals surface area contributed by atoms with E-state index in [-0.39, 0.29) is 12.5 Å². The van der Waals surface area contributed by atoms with Crippen LogP contribution in [0.1, 0.15) is 11.5 Å². The topological polar surface area (TPSA) is 69.4 Å². The van der Waals surface area contributed by atoms with Gasteiger partial charge in [-0.2, -0.15) is 0 Å². The van der Waals surface area contributed by atoms with Gasteiger partial charge >= 0.3 is 0 Å². The van der Waals surface area contributed by atoms with Gasteiger partial charge in [-0.15, -0.1) is 0 Å². The summed E-state index contributed by atoms with van der Waals surface area (Å²) >= 11 is 3.42. The van der Waals surface area contributed by atoms with Crippen molar-refractivity contribution in [3.05, 3.63) is 64.6 Å². The van der Waals surface area contributed by atoms with Gasteiger partial charge in [0.2, 0.25) is 0 Å². The first-order valence-electron chi connectivity index (χ1n) is 7.71. The molecule has 3 rings (SSSR count). The van der Waals surface area contributed by atoms with E-state index in [0.29, 0.717) is 11.5 Å². The largest absolute Gasteiger partial charge is 0.384 e. The van der Waals surface area contributed by atoms with Crippen molar-refractivity contribution in [1.82, 2.24) is 0 Å². The molecule has 2 aromatic rings. The molecule has 0 radical (unpaired) electrons. The van der Waals surface area contributed by atoms with Crippen LogP contribution in [-0.2, 0) is 14.6 Å². The summed E-state index contributed by atoms with van der Waals surface area (Å²) in [7, 11) is -1.90. The molecule has 0 unspecified atom stereocenters. The van der Waals surface area contributed by atoms with Crippen molar-refractivity contribution in [2.45, 2.75) is 16.1 Å². The Morgan fingerprint density at radius 2 is 1.75 bits per heavy atom. The Hall–Kier alpha value is -1.21. The predicted molar refractivity (Wildman–Crippen MR) is 97.7 cm³/mol. The summed E-state index contributed by atoms with van der Waals surface area (Å²) in [6.45, 7) is 0.583. The van der Waals surface area contributed by atoms with E-state index in [1.807, 2.05) is 30.3 Å². The number of methoxy groups -OCH3 is 1. The first-order chi connectivity index (χ1) is 11.5. The van der Waals surface area contributed by atoms with Gasteiger partial charge in [-0.05, 0) is 29.8 Å². The quantitative estimate of drug-likeness (QED) is 0.795. The minimum absolute atomic E-state index is 0.166. The second-order valence-corrected chi connectivity index (χ2v) is 9.16. The van der Waals surface area contributed by atoms with Crippen molar-refractivity contribution in [1.29, 1.82) is 0 Å². The summed E-state index contributed by atoms with van der Waals surface area (Å²) < 4.78 is 32.6. The summed E-state index contributed by atoms with van der Waals surface area (Å²) in [6, 6.07) is 16.3. The van der Waals surface area contributed by atoms with Crippen LogP contribution in [0, 0.1) is 5.41 Å². The predicted octanol–water partition coefficient (Wildman–Crippen LogP) is 2.98. The van der Waals surface area contributed by atoms with E-state index in [4.69, 9.17) is 10.5 Å². The highest BCUT2D eigenvalue weighted by atomic mass is 79.9. The maximum Gasteiger partial charge on any atom is 0.182 e. The van der Waals surface area contributed by atoms with Crippen molar-refractivity contribution in [2.75, 3.05) is 20.3 Å². The lowest BCUT2D eigenvalue weighted by Gasteiger charge is -2.15. The second-order valence-electron chi connectivity index (χ2n) is 6.18. The zero-order chi connectivity index (χ0) is 17.4. The number of rotatable bonds is 6. The zero-order valence-electron chi connectivity index (χ0n) is 13.4. The lowest BCUT2D eigenvalue weighted by atomic mass is 10.0. The number of hydrogen-bond acceptors (Lipinski definition) is 4. The van der Waals surface area contributed by atoms with Crippen molar-refractivity contribution < 1.29 is 13.2 Å². The van der Waals surface area contributed by atoms with E-state index in [0.717, 1.165) is 10.0 Å². The molecule has 1 fully saturated rings. The summed E-state index contributed by atoms with van der Waals surface area (Å²) in [5.41, 5.74) is 6.41. The lowest BCUT2D eigenvalue weighted by Crippen LogP contribution is -2.28. The number of benzene rings is 2. The molecule has 0 heterocycles. The van der Waals surface area contributed by atoms with Gasteiger partial charge in [0, 0.05) is 29.5 Å². The molecule has 1 aliphatic rings. The van der Waals surface area contributed by atoms with Gasteiger partial charge in [0.05, 0.1) is 16.8 Å². The molecule has 0 bridgehead atoms. The van der Waals surface area contributed by atoms with E-state index >= 15 is 0 Å². The first-order valence-corrected chi connectivity index (χ1v) is 10.0. The Morgan fingerprint density at radius 1 is 1.12 bits per heavy atom. The lowest BCUT2D eigenvalue weighted by molar-refractivity contribution is 0.142. The van der Waals surface area contributed by atoms with Gasteiger partial charge in [-0.1, -0.05) is 46.3 Å². The van der Waals surface area contributed by atoms with Gasteiger partial charge in [-0.25, -0.2) is 8.42 Å². The molecule has 0 amide bonds. The molecule has 0 aromatic heterocycles. The second kappa shape index (κ2) is 6.59. The van der Waals surface area contributed by atoms with E-state index in [1.54, 1.807) is 31.4 Å². The highest BCUT2D eigenvalue weighted by Crippen LogP contribution is 2.63. The van der Waals surface area contributed by atoms with Crippen molar-refractivity contribution in [3.63, 3.8) is 0 Å². The third-order valence-electron chi connectivity index (χ3n) is 4.81. The highest BCUT2D eigenvalue weighted by molar-refractivity contribution is 9.10. The van der Waals surface area contributed by atoms with E-state index in [1.165, 1.54) is 0 Å². The Labute approximate surface area is 151 Å². The van der Waals surface area contributed by atoms with E-state index < -0.39 is 20.5 Å². The van der Waals surface area contributed by atoms with Gasteiger partial charge in [0.15, 0.2) is 9.84 Å². The minimum atomic E-state index is -3.49. The number of sulfone groups is 1. The third-order valence-corrected chi connectivity index (χ3v) is 7.68. The van der Waals surface area contributed by atoms with Crippen molar-refractivity contribution in [2.24, 2.45) is 11.1 Å². The minimum Gasteiger partial charge on any atom is -0.384 e. The molecule has 2 aromatic carbocycles. The standard InChI is InChI=1S/C18H20BrNO3S/c1-23-12-18(11-20)16(13-7-9-14(19)10-8-13)17(18)24(21,22)15-5-3-2-4-6-15/h2-10,16-17H,11-12,20H2,1H3/t16-,17-,18+/m0/s1. The van der Waals surface area contributed by atoms with Crippen molar-refractivity contribution >= 4 is 25.8 Å². The molecular formula is C18H20BrNO3S. The molecule has 2 N–H and O–H groups in total. The van der Waals surface area contributed by atoms with Crippen LogP contribution in [0.2, 0.25) is 0 Å². The fourth-order valence-corrected chi connectivity index (χ4v) is 6.35. The molecule has 6 heteroatoms. The molecule has 0 saturated heterocycles. The number of hydrogen-bond donors (Lipinski definition) is 1. The number of ether oxygens (including phenoxy) is 1. The summed E-state index contributed by atoms with van der Waals surface area (Å²) in [4.78, 5) is 0.337. The van der Waals surface area contributed by atoms with Crippen LogP contribution in [0.3, 0.4) is 0 Å². The van der Waals surface area contributed by atoms with Gasteiger partial charge in [-0.3, -0.25) is 0 Å². The third kappa shape index (κ3) is 2.81. The van der Waals surface area contributed by atoms with Crippen LogP contribution in [0.5, 0.6) is 0 Å². The Kier molecular flexibility index (Phi) is 4.84. The van der Waals surface area contributed by atoms with Crippen LogP contribution >= 0.6 is 15.9 Å². The average Bonchev–Trinajstić information content (AvgIpc) is 3.26. The SMILES string of the molecule is COC[C@]1(CN)[C@@H](c2ccc(Br)cc2)[C@@H]1S(=O)(=O)c1ccccc1.